The van der Waals surface area contributed by atoms with Crippen molar-refractivity contribution in [1.29, 1.82) is 0 Å². The molecule has 0 spiro atoms. The smallest absolute Gasteiger partial charge is 0.308 e. The van der Waals surface area contributed by atoms with E-state index < -0.39 is 11.9 Å². The first kappa shape index (κ1) is 19.5. The van der Waals surface area contributed by atoms with Crippen molar-refractivity contribution in [1.82, 2.24) is 5.32 Å². The summed E-state index contributed by atoms with van der Waals surface area (Å²) in [7, 11) is 1.60. The van der Waals surface area contributed by atoms with Gasteiger partial charge in [0.2, 0.25) is 5.91 Å². The van der Waals surface area contributed by atoms with E-state index in [1.165, 1.54) is 0 Å². The van der Waals surface area contributed by atoms with Crippen LogP contribution in [-0.4, -0.2) is 30.6 Å². The van der Waals surface area contributed by atoms with E-state index in [0.29, 0.717) is 6.42 Å². The van der Waals surface area contributed by atoms with Gasteiger partial charge in [0.05, 0.1) is 13.0 Å². The summed E-state index contributed by atoms with van der Waals surface area (Å²) in [5.74, 6) is -0.999. The molecular weight excluding hydrogens is 330 g/mol. The van der Waals surface area contributed by atoms with Crippen LogP contribution in [0.15, 0.2) is 54.6 Å². The first-order valence-electron chi connectivity index (χ1n) is 8.67. The maximum absolute atomic E-state index is 12.3. The summed E-state index contributed by atoms with van der Waals surface area (Å²) in [6, 6.07) is 17.0. The van der Waals surface area contributed by atoms with Gasteiger partial charge in [-0.3, -0.25) is 9.59 Å². The molecule has 0 aliphatic rings. The Morgan fingerprint density at radius 3 is 2.38 bits per heavy atom. The fourth-order valence-corrected chi connectivity index (χ4v) is 2.92. The van der Waals surface area contributed by atoms with Crippen molar-refractivity contribution >= 4 is 11.9 Å². The minimum Gasteiger partial charge on any atom is -0.496 e. The molecule has 0 aromatic heterocycles. The van der Waals surface area contributed by atoms with Crippen LogP contribution in [0, 0.1) is 5.92 Å². The molecule has 0 saturated heterocycles. The lowest BCUT2D eigenvalue weighted by Gasteiger charge is -2.17. The molecule has 0 bridgehead atoms. The number of methoxy groups -OCH3 is 1. The highest BCUT2D eigenvalue weighted by atomic mass is 16.5. The van der Waals surface area contributed by atoms with E-state index >= 15 is 0 Å². The Labute approximate surface area is 154 Å². The highest BCUT2D eigenvalue weighted by Crippen LogP contribution is 2.28. The number of hydrogen-bond donors (Lipinski definition) is 2. The predicted octanol–water partition coefficient (Wildman–Crippen LogP) is 3.25. The zero-order valence-corrected chi connectivity index (χ0v) is 15.1. The minimum absolute atomic E-state index is 0.0245. The lowest BCUT2D eigenvalue weighted by atomic mass is 9.96. The van der Waals surface area contributed by atoms with Gasteiger partial charge in [-0.25, -0.2) is 0 Å². The number of benzene rings is 2. The van der Waals surface area contributed by atoms with Gasteiger partial charge in [-0.2, -0.15) is 0 Å². The third-order valence-electron chi connectivity index (χ3n) is 4.38. The number of para-hydroxylation sites is 1. The Morgan fingerprint density at radius 2 is 1.73 bits per heavy atom. The number of aliphatic carboxylic acids is 1. The monoisotopic (exact) mass is 355 g/mol. The molecular formula is C21H25NO4. The van der Waals surface area contributed by atoms with Gasteiger partial charge in [-0.15, -0.1) is 0 Å². The second kappa shape index (κ2) is 9.61. The van der Waals surface area contributed by atoms with Crippen molar-refractivity contribution in [2.24, 2.45) is 5.92 Å². The first-order valence-corrected chi connectivity index (χ1v) is 8.67. The number of carbonyl (C=O) groups is 2. The molecule has 2 atom stereocenters. The van der Waals surface area contributed by atoms with Gasteiger partial charge in [0.15, 0.2) is 0 Å². The Kier molecular flexibility index (Phi) is 7.21. The van der Waals surface area contributed by atoms with E-state index in [9.17, 15) is 14.7 Å². The SMILES string of the molecule is COc1ccccc1C(C)CC(=O)NCC(Cc1ccccc1)C(=O)O. The number of carboxylic acids is 1. The summed E-state index contributed by atoms with van der Waals surface area (Å²) in [6.07, 6.45) is 0.663. The average molecular weight is 355 g/mol. The van der Waals surface area contributed by atoms with Crippen LogP contribution in [0.4, 0.5) is 0 Å². The average Bonchev–Trinajstić information content (AvgIpc) is 2.65. The summed E-state index contributed by atoms with van der Waals surface area (Å²) >= 11 is 0. The molecule has 2 aromatic rings. The van der Waals surface area contributed by atoms with Gasteiger partial charge >= 0.3 is 5.97 Å². The van der Waals surface area contributed by atoms with Crippen molar-refractivity contribution in [3.63, 3.8) is 0 Å². The fourth-order valence-electron chi connectivity index (χ4n) is 2.92. The number of ether oxygens (including phenoxy) is 1. The quantitative estimate of drug-likeness (QED) is 0.724. The van der Waals surface area contributed by atoms with Crippen molar-refractivity contribution in [2.45, 2.75) is 25.7 Å². The van der Waals surface area contributed by atoms with Gasteiger partial charge < -0.3 is 15.2 Å². The molecule has 0 saturated carbocycles. The second-order valence-corrected chi connectivity index (χ2v) is 6.38. The van der Waals surface area contributed by atoms with Gasteiger partial charge in [-0.05, 0) is 29.5 Å². The highest BCUT2D eigenvalue weighted by molar-refractivity contribution is 5.78. The van der Waals surface area contributed by atoms with E-state index in [2.05, 4.69) is 5.32 Å². The normalized spacial score (nSPS) is 12.8. The van der Waals surface area contributed by atoms with Crippen LogP contribution in [0.5, 0.6) is 5.75 Å². The van der Waals surface area contributed by atoms with Crippen LogP contribution in [-0.2, 0) is 16.0 Å². The van der Waals surface area contributed by atoms with Crippen LogP contribution in [0.1, 0.15) is 30.4 Å². The molecule has 138 valence electrons. The Hall–Kier alpha value is -2.82. The van der Waals surface area contributed by atoms with E-state index in [1.54, 1.807) is 7.11 Å². The van der Waals surface area contributed by atoms with Crippen molar-refractivity contribution in [2.75, 3.05) is 13.7 Å². The van der Waals surface area contributed by atoms with Crippen molar-refractivity contribution in [3.8, 4) is 5.75 Å². The molecule has 0 radical (unpaired) electrons. The summed E-state index contributed by atoms with van der Waals surface area (Å²) in [4.78, 5) is 23.7. The van der Waals surface area contributed by atoms with Gasteiger partial charge in [0.25, 0.3) is 0 Å². The number of rotatable bonds is 9. The van der Waals surface area contributed by atoms with Gasteiger partial charge in [0.1, 0.15) is 5.75 Å². The molecule has 5 heteroatoms. The number of hydrogen-bond acceptors (Lipinski definition) is 3. The van der Waals surface area contributed by atoms with Gasteiger partial charge in [0, 0.05) is 13.0 Å². The van der Waals surface area contributed by atoms with Gasteiger partial charge in [-0.1, -0.05) is 55.5 Å². The third kappa shape index (κ3) is 5.62. The minimum atomic E-state index is -0.910. The molecule has 0 heterocycles. The molecule has 5 nitrogen and oxygen atoms in total. The molecule has 0 aliphatic heterocycles. The summed E-state index contributed by atoms with van der Waals surface area (Å²) in [6.45, 7) is 2.07. The number of carboxylic acid groups (broad SMARTS) is 1. The molecule has 2 unspecified atom stereocenters. The maximum atomic E-state index is 12.3. The molecule has 1 amide bonds. The van der Waals surface area contributed by atoms with Crippen LogP contribution >= 0.6 is 0 Å². The number of nitrogens with one attached hydrogen (secondary N) is 1. The maximum Gasteiger partial charge on any atom is 0.308 e. The Balaban J connectivity index is 1.90. The summed E-state index contributed by atoms with van der Waals surface area (Å²) < 4.78 is 5.33. The molecule has 2 rings (SSSR count). The van der Waals surface area contributed by atoms with Crippen LogP contribution in [0.2, 0.25) is 0 Å². The number of carbonyl (C=O) groups excluding carboxylic acids is 1. The van der Waals surface area contributed by atoms with E-state index in [1.807, 2.05) is 61.5 Å². The van der Waals surface area contributed by atoms with Crippen molar-refractivity contribution < 1.29 is 19.4 Å². The molecule has 0 aliphatic carbocycles. The first-order chi connectivity index (χ1) is 12.5. The molecule has 0 fully saturated rings. The third-order valence-corrected chi connectivity index (χ3v) is 4.38. The van der Waals surface area contributed by atoms with E-state index in [0.717, 1.165) is 16.9 Å². The largest absolute Gasteiger partial charge is 0.496 e. The Bertz CT molecular complexity index is 730. The van der Waals surface area contributed by atoms with Crippen molar-refractivity contribution in [3.05, 3.63) is 65.7 Å². The lowest BCUT2D eigenvalue weighted by Crippen LogP contribution is -2.34. The van der Waals surface area contributed by atoms with Crippen LogP contribution in [0.3, 0.4) is 0 Å². The number of amides is 1. The molecule has 2 aromatic carbocycles. The Morgan fingerprint density at radius 1 is 1.08 bits per heavy atom. The standard InChI is InChI=1S/C21H25NO4/c1-15(18-10-6-7-11-19(18)26-2)12-20(23)22-14-17(21(24)25)13-16-8-4-3-5-9-16/h3-11,15,17H,12-14H2,1-2H3,(H,22,23)(H,24,25). The summed E-state index contributed by atoms with van der Waals surface area (Å²) in [5.41, 5.74) is 1.90. The summed E-state index contributed by atoms with van der Waals surface area (Å²) in [5, 5.41) is 12.2. The van der Waals surface area contributed by atoms with Crippen LogP contribution in [0.25, 0.3) is 0 Å². The lowest BCUT2D eigenvalue weighted by molar-refractivity contribution is -0.141. The topological polar surface area (TPSA) is 75.6 Å². The van der Waals surface area contributed by atoms with E-state index in [4.69, 9.17) is 4.74 Å². The van der Waals surface area contributed by atoms with E-state index in [-0.39, 0.29) is 24.8 Å². The highest BCUT2D eigenvalue weighted by Gasteiger charge is 2.20. The second-order valence-electron chi connectivity index (χ2n) is 6.38. The molecule has 2 N–H and O–H groups in total. The fraction of sp³-hybridized carbons (Fsp3) is 0.333. The van der Waals surface area contributed by atoms with Crippen LogP contribution < -0.4 is 10.1 Å². The predicted molar refractivity (Wildman–Crippen MR) is 100 cm³/mol. The zero-order chi connectivity index (χ0) is 18.9. The molecule has 26 heavy (non-hydrogen) atoms. The zero-order valence-electron chi connectivity index (χ0n) is 15.1.